The molecular weight excluding hydrogens is 245 g/mol. The number of methoxy groups -OCH3 is 1. The Balaban J connectivity index is 2.57. The van der Waals surface area contributed by atoms with Gasteiger partial charge in [-0.15, -0.1) is 0 Å². The summed E-state index contributed by atoms with van der Waals surface area (Å²) >= 11 is 12.3. The van der Waals surface area contributed by atoms with Gasteiger partial charge in [0.25, 0.3) is 0 Å². The predicted octanol–water partition coefficient (Wildman–Crippen LogP) is 3.73. The van der Waals surface area contributed by atoms with E-state index in [1.807, 2.05) is 0 Å². The van der Waals surface area contributed by atoms with Gasteiger partial charge in [-0.1, -0.05) is 36.0 Å². The van der Waals surface area contributed by atoms with E-state index in [9.17, 15) is 0 Å². The Morgan fingerprint density at radius 1 is 1.19 bits per heavy atom. The van der Waals surface area contributed by atoms with Gasteiger partial charge >= 0.3 is 0 Å². The first-order chi connectivity index (χ1) is 7.58. The summed E-state index contributed by atoms with van der Waals surface area (Å²) in [5, 5.41) is 1.21. The van der Waals surface area contributed by atoms with Crippen LogP contribution in [0.1, 0.15) is 31.2 Å². The lowest BCUT2D eigenvalue weighted by molar-refractivity contribution is 0.379. The Morgan fingerprint density at radius 3 is 2.31 bits per heavy atom. The van der Waals surface area contributed by atoms with Crippen LogP contribution < -0.4 is 10.5 Å². The van der Waals surface area contributed by atoms with E-state index in [-0.39, 0.29) is 5.54 Å². The van der Waals surface area contributed by atoms with Crippen LogP contribution in [0.4, 0.5) is 0 Å². The van der Waals surface area contributed by atoms with Gasteiger partial charge in [-0.25, -0.2) is 0 Å². The quantitative estimate of drug-likeness (QED) is 0.879. The summed E-state index contributed by atoms with van der Waals surface area (Å²) in [6.45, 7) is 0. The molecule has 0 radical (unpaired) electrons. The number of ether oxygens (including phenoxy) is 1. The van der Waals surface area contributed by atoms with Crippen molar-refractivity contribution in [2.75, 3.05) is 7.11 Å². The standard InChI is InChI=1S/C12H15Cl2NO/c1-16-11-9(14)5-4-8(13)10(11)12(15)6-2-3-7-12/h4-5H,2-3,6-7,15H2,1H3. The molecule has 1 aromatic carbocycles. The summed E-state index contributed by atoms with van der Waals surface area (Å²) in [7, 11) is 1.60. The maximum atomic E-state index is 6.40. The highest BCUT2D eigenvalue weighted by Gasteiger charge is 2.36. The minimum atomic E-state index is -0.382. The minimum Gasteiger partial charge on any atom is -0.495 e. The molecule has 0 atom stereocenters. The first-order valence-corrected chi connectivity index (χ1v) is 6.15. The van der Waals surface area contributed by atoms with Crippen molar-refractivity contribution in [3.63, 3.8) is 0 Å². The molecule has 4 heteroatoms. The molecule has 0 bridgehead atoms. The summed E-state index contributed by atoms with van der Waals surface area (Å²) in [6, 6.07) is 3.53. The van der Waals surface area contributed by atoms with Crippen LogP contribution >= 0.6 is 23.2 Å². The van der Waals surface area contributed by atoms with E-state index < -0.39 is 0 Å². The SMILES string of the molecule is COc1c(Cl)ccc(Cl)c1C1(N)CCCC1. The van der Waals surface area contributed by atoms with Gasteiger partial charge in [0.05, 0.1) is 12.1 Å². The van der Waals surface area contributed by atoms with Crippen LogP contribution in [0, 0.1) is 0 Å². The highest BCUT2D eigenvalue weighted by Crippen LogP contribution is 2.46. The molecule has 0 aromatic heterocycles. The lowest BCUT2D eigenvalue weighted by atomic mass is 9.88. The lowest BCUT2D eigenvalue weighted by Gasteiger charge is -2.27. The van der Waals surface area contributed by atoms with Gasteiger partial charge < -0.3 is 10.5 Å². The van der Waals surface area contributed by atoms with Crippen LogP contribution in [0.25, 0.3) is 0 Å². The highest BCUT2D eigenvalue weighted by atomic mass is 35.5. The normalized spacial score (nSPS) is 18.8. The summed E-state index contributed by atoms with van der Waals surface area (Å²) in [5.41, 5.74) is 6.88. The molecule has 1 aliphatic rings. The third-order valence-corrected chi connectivity index (χ3v) is 3.87. The van der Waals surface area contributed by atoms with E-state index >= 15 is 0 Å². The molecule has 0 heterocycles. The maximum Gasteiger partial charge on any atom is 0.143 e. The largest absolute Gasteiger partial charge is 0.495 e. The summed E-state index contributed by atoms with van der Waals surface area (Å²) in [4.78, 5) is 0. The fourth-order valence-corrected chi connectivity index (χ4v) is 3.02. The van der Waals surface area contributed by atoms with Crippen LogP contribution in [0.15, 0.2) is 12.1 Å². The third-order valence-electron chi connectivity index (χ3n) is 3.26. The Hall–Kier alpha value is -0.440. The molecule has 0 aliphatic heterocycles. The number of nitrogens with two attached hydrogens (primary N) is 1. The number of rotatable bonds is 2. The molecule has 1 saturated carbocycles. The second-order valence-electron chi connectivity index (χ2n) is 4.30. The fraction of sp³-hybridized carbons (Fsp3) is 0.500. The second kappa shape index (κ2) is 4.44. The van der Waals surface area contributed by atoms with Crippen molar-refractivity contribution in [1.29, 1.82) is 0 Å². The van der Waals surface area contributed by atoms with Crippen LogP contribution in [0.2, 0.25) is 10.0 Å². The number of hydrogen-bond donors (Lipinski definition) is 1. The van der Waals surface area contributed by atoms with Crippen LogP contribution in [0.3, 0.4) is 0 Å². The maximum absolute atomic E-state index is 6.40. The van der Waals surface area contributed by atoms with Crippen molar-refractivity contribution in [2.24, 2.45) is 5.73 Å². The smallest absolute Gasteiger partial charge is 0.143 e. The van der Waals surface area contributed by atoms with Crippen molar-refractivity contribution in [3.8, 4) is 5.75 Å². The van der Waals surface area contributed by atoms with Gasteiger partial charge in [-0.3, -0.25) is 0 Å². The Bertz CT molecular complexity index is 400. The number of halogens is 2. The topological polar surface area (TPSA) is 35.2 Å². The summed E-state index contributed by atoms with van der Waals surface area (Å²) < 4.78 is 5.34. The average Bonchev–Trinajstić information content (AvgIpc) is 2.69. The Morgan fingerprint density at radius 2 is 1.75 bits per heavy atom. The molecule has 0 spiro atoms. The van der Waals surface area contributed by atoms with Gasteiger partial charge in [0.1, 0.15) is 5.75 Å². The molecular formula is C12H15Cl2NO. The average molecular weight is 260 g/mol. The third kappa shape index (κ3) is 1.90. The van der Waals surface area contributed by atoms with Crippen molar-refractivity contribution >= 4 is 23.2 Å². The number of benzene rings is 1. The van der Waals surface area contributed by atoms with Crippen LogP contribution in [0.5, 0.6) is 5.75 Å². The fourth-order valence-electron chi connectivity index (χ4n) is 2.45. The van der Waals surface area contributed by atoms with Crippen molar-refractivity contribution < 1.29 is 4.74 Å². The lowest BCUT2D eigenvalue weighted by Crippen LogP contribution is -2.34. The molecule has 2 N–H and O–H groups in total. The highest BCUT2D eigenvalue weighted by molar-refractivity contribution is 6.35. The summed E-state index contributed by atoms with van der Waals surface area (Å²) in [5.74, 6) is 0.624. The molecule has 16 heavy (non-hydrogen) atoms. The van der Waals surface area contributed by atoms with E-state index in [1.54, 1.807) is 19.2 Å². The van der Waals surface area contributed by atoms with Gasteiger partial charge in [0.15, 0.2) is 0 Å². The van der Waals surface area contributed by atoms with Gasteiger partial charge in [-0.05, 0) is 25.0 Å². The van der Waals surface area contributed by atoms with Crippen molar-refractivity contribution in [3.05, 3.63) is 27.7 Å². The van der Waals surface area contributed by atoms with Crippen molar-refractivity contribution in [1.82, 2.24) is 0 Å². The molecule has 88 valence electrons. The Labute approximate surface area is 106 Å². The predicted molar refractivity (Wildman–Crippen MR) is 67.3 cm³/mol. The zero-order chi connectivity index (χ0) is 11.8. The van der Waals surface area contributed by atoms with E-state index in [1.165, 1.54) is 0 Å². The van der Waals surface area contributed by atoms with E-state index in [4.69, 9.17) is 33.7 Å². The molecule has 0 saturated heterocycles. The molecule has 2 nitrogen and oxygen atoms in total. The molecule has 0 unspecified atom stereocenters. The minimum absolute atomic E-state index is 0.382. The van der Waals surface area contributed by atoms with Gasteiger partial charge in [0, 0.05) is 16.1 Å². The number of hydrogen-bond acceptors (Lipinski definition) is 2. The van der Waals surface area contributed by atoms with Crippen LogP contribution in [-0.4, -0.2) is 7.11 Å². The molecule has 1 aromatic rings. The Kier molecular flexibility index (Phi) is 3.34. The molecule has 1 fully saturated rings. The van der Waals surface area contributed by atoms with Gasteiger partial charge in [-0.2, -0.15) is 0 Å². The molecule has 0 amide bonds. The first kappa shape index (κ1) is 12.0. The van der Waals surface area contributed by atoms with E-state index in [0.29, 0.717) is 15.8 Å². The molecule has 2 rings (SSSR count). The first-order valence-electron chi connectivity index (χ1n) is 5.40. The second-order valence-corrected chi connectivity index (χ2v) is 5.12. The summed E-state index contributed by atoms with van der Waals surface area (Å²) in [6.07, 6.45) is 4.12. The monoisotopic (exact) mass is 259 g/mol. The zero-order valence-corrected chi connectivity index (χ0v) is 10.7. The van der Waals surface area contributed by atoms with E-state index in [0.717, 1.165) is 31.2 Å². The van der Waals surface area contributed by atoms with E-state index in [2.05, 4.69) is 0 Å². The van der Waals surface area contributed by atoms with Crippen molar-refractivity contribution in [2.45, 2.75) is 31.2 Å². The van der Waals surface area contributed by atoms with Crippen LogP contribution in [-0.2, 0) is 5.54 Å². The zero-order valence-electron chi connectivity index (χ0n) is 9.22. The molecule has 1 aliphatic carbocycles. The van der Waals surface area contributed by atoms with Gasteiger partial charge in [0.2, 0.25) is 0 Å².